The van der Waals surface area contributed by atoms with Gasteiger partial charge in [-0.25, -0.2) is 4.90 Å². The highest BCUT2D eigenvalue weighted by Crippen LogP contribution is 2.65. The molecule has 3 aliphatic carbocycles. The van der Waals surface area contributed by atoms with Gasteiger partial charge in [-0.1, -0.05) is 49.1 Å². The lowest BCUT2D eigenvalue weighted by atomic mass is 9.51. The predicted octanol–water partition coefficient (Wildman–Crippen LogP) is 6.49. The summed E-state index contributed by atoms with van der Waals surface area (Å²) in [4.78, 5) is 59.9. The van der Waals surface area contributed by atoms with Gasteiger partial charge >= 0.3 is 0 Å². The van der Waals surface area contributed by atoms with Gasteiger partial charge in [0.05, 0.1) is 40.4 Å². The molecule has 2 saturated heterocycles. The maximum absolute atomic E-state index is 14.6. The molecular formula is C34H34Br2N2O6. The van der Waals surface area contributed by atoms with Crippen molar-refractivity contribution in [3.8, 4) is 11.5 Å². The van der Waals surface area contributed by atoms with Crippen LogP contribution in [0.1, 0.15) is 63.4 Å². The van der Waals surface area contributed by atoms with Gasteiger partial charge in [-0.2, -0.15) is 0 Å². The van der Waals surface area contributed by atoms with Crippen LogP contribution in [0.15, 0.2) is 57.0 Å². The number of hydrogen-bond donors (Lipinski definition) is 1. The zero-order chi connectivity index (χ0) is 31.1. The average molecular weight is 726 g/mol. The van der Waals surface area contributed by atoms with E-state index in [-0.39, 0.29) is 47.1 Å². The number of carbonyl (C=O) groups is 4. The van der Waals surface area contributed by atoms with Crippen molar-refractivity contribution in [2.24, 2.45) is 29.1 Å². The van der Waals surface area contributed by atoms with Gasteiger partial charge in [0.2, 0.25) is 23.6 Å². The maximum atomic E-state index is 14.6. The third kappa shape index (κ3) is 4.05. The second kappa shape index (κ2) is 10.8. The first kappa shape index (κ1) is 29.7. The zero-order valence-corrected chi connectivity index (χ0v) is 27.8. The number of halogens is 2. The maximum Gasteiger partial charge on any atom is 0.241 e. The summed E-state index contributed by atoms with van der Waals surface area (Å²) in [5.74, 6) is -3.48. The van der Waals surface area contributed by atoms with Crippen LogP contribution in [0.3, 0.4) is 0 Å². The molecule has 1 N–H and O–H groups in total. The molecule has 2 aromatic carbocycles. The Bertz CT molecular complexity index is 1620. The van der Waals surface area contributed by atoms with Crippen molar-refractivity contribution in [2.45, 2.75) is 63.8 Å². The van der Waals surface area contributed by atoms with E-state index < -0.39 is 29.1 Å². The normalized spacial score (nSPS) is 32.0. The van der Waals surface area contributed by atoms with Gasteiger partial charge in [-0.15, -0.1) is 0 Å². The molecule has 7 rings (SSSR count). The standard InChI is InChI=1S/C34H34Br2N2O6/c1-34-23(31(41)38(33(34)43)18-11-7-4-8-12-18)15-21-19(26(34)22-16-24(44-2)29(39)28(36)27(22)35)13-14-20-25(21)32(42)37(30(20)40)17-9-5-3-6-10-17/h4,7-8,11-13,16-17,20-21,23,25-26,39H,3,5-6,9-10,14-15H2,1-2H3/t20-,21+,23-,25-,26+,34+/m0/s1. The van der Waals surface area contributed by atoms with E-state index >= 15 is 0 Å². The van der Waals surface area contributed by atoms with E-state index in [0.717, 1.165) is 37.7 Å². The van der Waals surface area contributed by atoms with Crippen molar-refractivity contribution in [1.29, 1.82) is 0 Å². The number of phenols is 1. The van der Waals surface area contributed by atoms with E-state index in [4.69, 9.17) is 4.74 Å². The number of anilines is 1. The van der Waals surface area contributed by atoms with Crippen molar-refractivity contribution in [1.82, 2.24) is 4.90 Å². The van der Waals surface area contributed by atoms with Crippen LogP contribution in [0, 0.1) is 29.1 Å². The van der Waals surface area contributed by atoms with E-state index in [0.29, 0.717) is 33.0 Å². The summed E-state index contributed by atoms with van der Waals surface area (Å²) < 4.78 is 6.44. The summed E-state index contributed by atoms with van der Waals surface area (Å²) in [7, 11) is 1.46. The molecule has 0 radical (unpaired) electrons. The number of ether oxygens (including phenoxy) is 1. The number of hydrogen-bond acceptors (Lipinski definition) is 6. The summed E-state index contributed by atoms with van der Waals surface area (Å²) in [6.07, 6.45) is 7.55. The number of imide groups is 2. The summed E-state index contributed by atoms with van der Waals surface area (Å²) in [6.45, 7) is 1.85. The number of allylic oxidation sites excluding steroid dienone is 2. The van der Waals surface area contributed by atoms with Gasteiger partial charge in [-0.3, -0.25) is 24.1 Å². The molecular weight excluding hydrogens is 692 g/mol. The molecule has 0 bridgehead atoms. The average Bonchev–Trinajstić information content (AvgIpc) is 3.40. The Hall–Kier alpha value is -2.98. The smallest absolute Gasteiger partial charge is 0.241 e. The molecule has 0 spiro atoms. The van der Waals surface area contributed by atoms with Crippen LogP contribution >= 0.6 is 31.9 Å². The molecule has 0 unspecified atom stereocenters. The molecule has 10 heteroatoms. The molecule has 44 heavy (non-hydrogen) atoms. The number of fused-ring (bicyclic) bond motifs is 4. The van der Waals surface area contributed by atoms with Gasteiger partial charge < -0.3 is 9.84 Å². The number of likely N-dealkylation sites (tertiary alicyclic amines) is 1. The second-order valence-corrected chi connectivity index (χ2v) is 14.6. The van der Waals surface area contributed by atoms with Crippen LogP contribution in [-0.2, 0) is 19.2 Å². The molecule has 2 aromatic rings. The Morgan fingerprint density at radius 3 is 2.32 bits per heavy atom. The summed E-state index contributed by atoms with van der Waals surface area (Å²) >= 11 is 7.17. The highest BCUT2D eigenvalue weighted by molar-refractivity contribution is 9.13. The molecule has 5 aliphatic rings. The Labute approximate surface area is 273 Å². The SMILES string of the molecule is COc1cc([C@H]2C3=CC[C@@H]4C(=O)N(C5CCCCC5)C(=O)[C@@H]4[C@@H]3C[C@H]3C(=O)N(c4ccccc4)C(=O)[C@@]23C)c(Br)c(Br)c1O. The third-order valence-electron chi connectivity index (χ3n) is 11.0. The van der Waals surface area contributed by atoms with E-state index in [1.807, 2.05) is 13.0 Å². The van der Waals surface area contributed by atoms with Crippen molar-refractivity contribution in [2.75, 3.05) is 12.0 Å². The molecule has 2 aliphatic heterocycles. The van der Waals surface area contributed by atoms with Gasteiger partial charge in [0.15, 0.2) is 11.5 Å². The minimum absolute atomic E-state index is 0.0721. The first-order valence-electron chi connectivity index (χ1n) is 15.4. The number of phenolic OH excluding ortho intramolecular Hbond substituents is 1. The molecule has 6 atom stereocenters. The van der Waals surface area contributed by atoms with E-state index in [1.165, 1.54) is 12.0 Å². The van der Waals surface area contributed by atoms with Gasteiger partial charge in [-0.05, 0) is 94.1 Å². The van der Waals surface area contributed by atoms with Gasteiger partial charge in [0, 0.05) is 16.4 Å². The number of methoxy groups -OCH3 is 1. The third-order valence-corrected chi connectivity index (χ3v) is 13.1. The number of para-hydroxylation sites is 1. The fraction of sp³-hybridized carbons (Fsp3) is 0.471. The lowest BCUT2D eigenvalue weighted by molar-refractivity contribution is -0.144. The van der Waals surface area contributed by atoms with Gasteiger partial charge in [0.1, 0.15) is 0 Å². The lowest BCUT2D eigenvalue weighted by Crippen LogP contribution is -2.49. The summed E-state index contributed by atoms with van der Waals surface area (Å²) in [5.41, 5.74) is 0.880. The highest BCUT2D eigenvalue weighted by atomic mass is 79.9. The number of aromatic hydroxyl groups is 1. The molecule has 2 saturated carbocycles. The highest BCUT2D eigenvalue weighted by Gasteiger charge is 2.68. The van der Waals surface area contributed by atoms with Crippen LogP contribution < -0.4 is 9.64 Å². The summed E-state index contributed by atoms with van der Waals surface area (Å²) in [5, 5.41) is 10.8. The van der Waals surface area contributed by atoms with E-state index in [9.17, 15) is 24.3 Å². The fourth-order valence-electron chi connectivity index (χ4n) is 8.88. The predicted molar refractivity (Wildman–Crippen MR) is 170 cm³/mol. The minimum atomic E-state index is -1.19. The lowest BCUT2D eigenvalue weighted by Gasteiger charge is -2.49. The van der Waals surface area contributed by atoms with Crippen molar-refractivity contribution in [3.63, 3.8) is 0 Å². The molecule has 8 nitrogen and oxygen atoms in total. The van der Waals surface area contributed by atoms with E-state index in [2.05, 4.69) is 37.9 Å². The van der Waals surface area contributed by atoms with Crippen LogP contribution in [0.5, 0.6) is 11.5 Å². The minimum Gasteiger partial charge on any atom is -0.503 e. The van der Waals surface area contributed by atoms with Crippen molar-refractivity contribution < 1.29 is 29.0 Å². The summed E-state index contributed by atoms with van der Waals surface area (Å²) in [6, 6.07) is 10.6. The Kier molecular flexibility index (Phi) is 7.31. The van der Waals surface area contributed by atoms with Crippen LogP contribution in [0.4, 0.5) is 5.69 Å². The molecule has 230 valence electrons. The molecule has 0 aromatic heterocycles. The molecule has 4 amide bonds. The quantitative estimate of drug-likeness (QED) is 0.286. The van der Waals surface area contributed by atoms with Crippen molar-refractivity contribution in [3.05, 3.63) is 62.6 Å². The number of benzene rings is 2. The number of carbonyl (C=O) groups excluding carboxylic acids is 4. The number of rotatable bonds is 4. The Balaban J connectivity index is 1.40. The number of amides is 4. The van der Waals surface area contributed by atoms with E-state index in [1.54, 1.807) is 35.2 Å². The van der Waals surface area contributed by atoms with Gasteiger partial charge in [0.25, 0.3) is 0 Å². The molecule has 2 heterocycles. The van der Waals surface area contributed by atoms with Crippen LogP contribution in [-0.4, -0.2) is 46.8 Å². The monoisotopic (exact) mass is 724 g/mol. The topological polar surface area (TPSA) is 104 Å². The fourth-order valence-corrected chi connectivity index (χ4v) is 9.84. The first-order valence-corrected chi connectivity index (χ1v) is 16.9. The zero-order valence-electron chi connectivity index (χ0n) is 24.6. The first-order chi connectivity index (χ1) is 21.1. The largest absolute Gasteiger partial charge is 0.503 e. The Morgan fingerprint density at radius 2 is 1.64 bits per heavy atom. The van der Waals surface area contributed by atoms with Crippen LogP contribution in [0.2, 0.25) is 0 Å². The second-order valence-electron chi connectivity index (χ2n) is 13.0. The Morgan fingerprint density at radius 1 is 0.932 bits per heavy atom. The van der Waals surface area contributed by atoms with Crippen molar-refractivity contribution >= 4 is 61.2 Å². The van der Waals surface area contributed by atoms with Crippen LogP contribution in [0.25, 0.3) is 0 Å². The molecule has 4 fully saturated rings. The number of nitrogens with zero attached hydrogens (tertiary/aromatic N) is 2.